The van der Waals surface area contributed by atoms with Crippen LogP contribution in [0.15, 0.2) is 24.3 Å². The van der Waals surface area contributed by atoms with Gasteiger partial charge in [0.15, 0.2) is 0 Å². The van der Waals surface area contributed by atoms with Gasteiger partial charge in [0.2, 0.25) is 0 Å². The fourth-order valence-corrected chi connectivity index (χ4v) is 1.11. The lowest BCUT2D eigenvalue weighted by atomic mass is 10.2. The van der Waals surface area contributed by atoms with Gasteiger partial charge in [0.25, 0.3) is 0 Å². The number of hydrogen-bond acceptors (Lipinski definition) is 1. The predicted molar refractivity (Wildman–Crippen MR) is 58.7 cm³/mol. The zero-order chi connectivity index (χ0) is 9.78. The second-order valence-electron chi connectivity index (χ2n) is 3.16. The Morgan fingerprint density at radius 2 is 1.69 bits per heavy atom. The van der Waals surface area contributed by atoms with Crippen molar-refractivity contribution in [2.75, 3.05) is 6.61 Å². The molecule has 0 radical (unpaired) electrons. The Morgan fingerprint density at radius 1 is 0.923 bits per heavy atom. The molecule has 76 valence electrons. The van der Waals surface area contributed by atoms with Gasteiger partial charge in [-0.3, -0.25) is 0 Å². The van der Waals surface area contributed by atoms with Crippen LogP contribution in [-0.4, -0.2) is 11.7 Å². The van der Waals surface area contributed by atoms with Crippen molar-refractivity contribution in [2.24, 2.45) is 0 Å². The van der Waals surface area contributed by atoms with E-state index in [0.29, 0.717) is 6.61 Å². The molecule has 0 rings (SSSR count). The van der Waals surface area contributed by atoms with Crippen LogP contribution < -0.4 is 0 Å². The van der Waals surface area contributed by atoms with Gasteiger partial charge in [0, 0.05) is 6.61 Å². The van der Waals surface area contributed by atoms with Crippen molar-refractivity contribution in [3.05, 3.63) is 24.3 Å². The Kier molecular flexibility index (Phi) is 10.9. The summed E-state index contributed by atoms with van der Waals surface area (Å²) < 4.78 is 0. The largest absolute Gasteiger partial charge is 0.396 e. The van der Waals surface area contributed by atoms with Crippen LogP contribution in [0.3, 0.4) is 0 Å². The van der Waals surface area contributed by atoms with Crippen LogP contribution in [0.2, 0.25) is 0 Å². The molecule has 0 unspecified atom stereocenters. The van der Waals surface area contributed by atoms with E-state index in [4.69, 9.17) is 5.11 Å². The van der Waals surface area contributed by atoms with Gasteiger partial charge in [0.1, 0.15) is 0 Å². The van der Waals surface area contributed by atoms with Crippen molar-refractivity contribution < 1.29 is 5.11 Å². The zero-order valence-corrected chi connectivity index (χ0v) is 8.71. The van der Waals surface area contributed by atoms with Crippen LogP contribution in [0.5, 0.6) is 0 Å². The molecule has 0 bridgehead atoms. The van der Waals surface area contributed by atoms with E-state index in [2.05, 4.69) is 31.2 Å². The molecular weight excluding hydrogens is 160 g/mol. The van der Waals surface area contributed by atoms with E-state index >= 15 is 0 Å². The molecule has 1 heteroatoms. The second-order valence-corrected chi connectivity index (χ2v) is 3.16. The summed E-state index contributed by atoms with van der Waals surface area (Å²) in [4.78, 5) is 0. The fraction of sp³-hybridized carbons (Fsp3) is 0.667. The van der Waals surface area contributed by atoms with E-state index in [0.717, 1.165) is 32.1 Å². The van der Waals surface area contributed by atoms with Crippen LogP contribution in [0.25, 0.3) is 0 Å². The summed E-state index contributed by atoms with van der Waals surface area (Å²) >= 11 is 0. The van der Waals surface area contributed by atoms with Crippen LogP contribution in [0, 0.1) is 0 Å². The maximum absolute atomic E-state index is 8.54. The van der Waals surface area contributed by atoms with Crippen molar-refractivity contribution >= 4 is 0 Å². The Labute approximate surface area is 82.2 Å². The van der Waals surface area contributed by atoms with Crippen LogP contribution in [0.1, 0.15) is 45.4 Å². The molecule has 1 nitrogen and oxygen atoms in total. The highest BCUT2D eigenvalue weighted by atomic mass is 16.2. The molecule has 0 aliphatic rings. The number of aliphatic hydroxyl groups excluding tert-OH is 1. The summed E-state index contributed by atoms with van der Waals surface area (Å²) in [6.07, 6.45) is 15.5. The summed E-state index contributed by atoms with van der Waals surface area (Å²) in [5.74, 6) is 0. The second kappa shape index (κ2) is 11.4. The molecule has 0 aliphatic heterocycles. The molecule has 0 aromatic rings. The zero-order valence-electron chi connectivity index (χ0n) is 8.71. The van der Waals surface area contributed by atoms with E-state index in [1.54, 1.807) is 0 Å². The van der Waals surface area contributed by atoms with Crippen LogP contribution in [-0.2, 0) is 0 Å². The van der Waals surface area contributed by atoms with Crippen molar-refractivity contribution in [3.63, 3.8) is 0 Å². The molecule has 0 aliphatic carbocycles. The van der Waals surface area contributed by atoms with E-state index in [9.17, 15) is 0 Å². The Morgan fingerprint density at radius 3 is 2.38 bits per heavy atom. The third-order valence-corrected chi connectivity index (χ3v) is 1.87. The lowest BCUT2D eigenvalue weighted by Crippen LogP contribution is -1.81. The molecule has 0 spiro atoms. The average Bonchev–Trinajstić information content (AvgIpc) is 2.16. The first kappa shape index (κ1) is 12.4. The first-order valence-corrected chi connectivity index (χ1v) is 5.32. The molecule has 0 amide bonds. The molecule has 13 heavy (non-hydrogen) atoms. The molecule has 1 N–H and O–H groups in total. The maximum atomic E-state index is 8.54. The smallest absolute Gasteiger partial charge is 0.0431 e. The molecule has 0 saturated carbocycles. The summed E-state index contributed by atoms with van der Waals surface area (Å²) in [7, 11) is 0. The fourth-order valence-electron chi connectivity index (χ4n) is 1.11. The van der Waals surface area contributed by atoms with E-state index in [1.165, 1.54) is 6.42 Å². The quantitative estimate of drug-likeness (QED) is 0.450. The predicted octanol–water partition coefficient (Wildman–Crippen LogP) is 3.45. The lowest BCUT2D eigenvalue weighted by molar-refractivity contribution is 0.283. The number of unbranched alkanes of at least 4 members (excludes halogenated alkanes) is 3. The molecule has 0 aromatic heterocycles. The van der Waals surface area contributed by atoms with Gasteiger partial charge >= 0.3 is 0 Å². The van der Waals surface area contributed by atoms with Gasteiger partial charge in [-0.2, -0.15) is 0 Å². The SMILES string of the molecule is CC/C=C\C/C=C\CCCCCO. The highest BCUT2D eigenvalue weighted by molar-refractivity contribution is 4.92. The van der Waals surface area contributed by atoms with Crippen LogP contribution in [0.4, 0.5) is 0 Å². The third kappa shape index (κ3) is 11.4. The number of allylic oxidation sites excluding steroid dienone is 4. The molecule has 0 saturated heterocycles. The van der Waals surface area contributed by atoms with Gasteiger partial charge in [-0.15, -0.1) is 0 Å². The van der Waals surface area contributed by atoms with Gasteiger partial charge in [-0.05, 0) is 32.1 Å². The standard InChI is InChI=1S/C12H22O/c1-2-3-4-5-6-7-8-9-10-11-12-13/h3-4,6-7,13H,2,5,8-12H2,1H3/b4-3-,7-6-. The minimum absolute atomic E-state index is 0.336. The Bertz CT molecular complexity index is 136. The van der Waals surface area contributed by atoms with Gasteiger partial charge in [-0.1, -0.05) is 37.6 Å². The summed E-state index contributed by atoms with van der Waals surface area (Å²) in [5.41, 5.74) is 0. The van der Waals surface area contributed by atoms with Crippen molar-refractivity contribution in [3.8, 4) is 0 Å². The van der Waals surface area contributed by atoms with Crippen molar-refractivity contribution in [2.45, 2.75) is 45.4 Å². The van der Waals surface area contributed by atoms with E-state index < -0.39 is 0 Å². The van der Waals surface area contributed by atoms with E-state index in [-0.39, 0.29) is 0 Å². The summed E-state index contributed by atoms with van der Waals surface area (Å²) in [6.45, 7) is 2.48. The molecule has 0 heterocycles. The third-order valence-electron chi connectivity index (χ3n) is 1.87. The van der Waals surface area contributed by atoms with Crippen molar-refractivity contribution in [1.82, 2.24) is 0 Å². The number of hydrogen-bond donors (Lipinski definition) is 1. The minimum Gasteiger partial charge on any atom is -0.396 e. The topological polar surface area (TPSA) is 20.2 Å². The summed E-state index contributed by atoms with van der Waals surface area (Å²) in [6, 6.07) is 0. The minimum atomic E-state index is 0.336. The van der Waals surface area contributed by atoms with Gasteiger partial charge in [0.05, 0.1) is 0 Å². The van der Waals surface area contributed by atoms with Gasteiger partial charge in [-0.25, -0.2) is 0 Å². The van der Waals surface area contributed by atoms with Crippen LogP contribution >= 0.6 is 0 Å². The molecule has 0 fully saturated rings. The first-order valence-electron chi connectivity index (χ1n) is 5.32. The number of rotatable bonds is 8. The Hall–Kier alpha value is -0.560. The average molecular weight is 182 g/mol. The monoisotopic (exact) mass is 182 g/mol. The van der Waals surface area contributed by atoms with E-state index in [1.807, 2.05) is 0 Å². The highest BCUT2D eigenvalue weighted by Gasteiger charge is 1.83. The number of aliphatic hydroxyl groups is 1. The highest BCUT2D eigenvalue weighted by Crippen LogP contribution is 2.00. The maximum Gasteiger partial charge on any atom is 0.0431 e. The normalized spacial score (nSPS) is 11.8. The molecular formula is C12H22O. The lowest BCUT2D eigenvalue weighted by Gasteiger charge is -1.93. The van der Waals surface area contributed by atoms with Gasteiger partial charge < -0.3 is 5.11 Å². The van der Waals surface area contributed by atoms with Crippen molar-refractivity contribution in [1.29, 1.82) is 0 Å². The Balaban J connectivity index is 3.08. The summed E-state index contributed by atoms with van der Waals surface area (Å²) in [5, 5.41) is 8.54. The molecule has 0 atom stereocenters. The first-order chi connectivity index (χ1) is 6.41. The molecule has 0 aromatic carbocycles.